The summed E-state index contributed by atoms with van der Waals surface area (Å²) in [4.78, 5) is 52.7. The second kappa shape index (κ2) is 12.7. The van der Waals surface area contributed by atoms with Crippen LogP contribution in [-0.4, -0.2) is 58.5 Å². The summed E-state index contributed by atoms with van der Waals surface area (Å²) in [7, 11) is 0. The summed E-state index contributed by atoms with van der Waals surface area (Å²) in [5.41, 5.74) is 8.73. The fraction of sp³-hybridized carbons (Fsp3) is 0.333. The predicted octanol–water partition coefficient (Wildman–Crippen LogP) is 1.11. The Labute approximate surface area is 215 Å². The van der Waals surface area contributed by atoms with Gasteiger partial charge in [-0.1, -0.05) is 62.4 Å². The fourth-order valence-corrected chi connectivity index (χ4v) is 4.00. The number of hydrogen-bond acceptors (Lipinski definition) is 5. The second-order valence-corrected chi connectivity index (χ2v) is 9.27. The molecule has 0 aliphatic carbocycles. The summed E-state index contributed by atoms with van der Waals surface area (Å²) in [6.45, 7) is 3.09. The normalized spacial score (nSPS) is 13.5. The molecule has 0 spiro atoms. The lowest BCUT2D eigenvalue weighted by Gasteiger charge is -2.23. The maximum absolute atomic E-state index is 12.8. The Morgan fingerprint density at radius 2 is 1.59 bits per heavy atom. The predicted molar refractivity (Wildman–Crippen MR) is 139 cm³/mol. The molecule has 196 valence electrons. The number of carboxylic acid groups (broad SMARTS) is 1. The molecule has 0 saturated heterocycles. The van der Waals surface area contributed by atoms with Gasteiger partial charge < -0.3 is 31.8 Å². The molecule has 37 heavy (non-hydrogen) atoms. The van der Waals surface area contributed by atoms with Crippen LogP contribution in [0.3, 0.4) is 0 Å². The van der Waals surface area contributed by atoms with Gasteiger partial charge in [0.05, 0.1) is 12.6 Å². The van der Waals surface area contributed by atoms with Crippen LogP contribution in [0.25, 0.3) is 10.9 Å². The van der Waals surface area contributed by atoms with E-state index >= 15 is 0 Å². The van der Waals surface area contributed by atoms with Crippen molar-refractivity contribution in [3.63, 3.8) is 0 Å². The number of carbonyl (C=O) groups excluding carboxylic acids is 3. The topological polar surface area (TPSA) is 166 Å². The van der Waals surface area contributed by atoms with E-state index in [1.165, 1.54) is 0 Å². The Balaban J connectivity index is 1.53. The number of H-pyrrole nitrogens is 1. The summed E-state index contributed by atoms with van der Waals surface area (Å²) in [5.74, 6) is -3.16. The number of amides is 3. The number of hydrogen-bond donors (Lipinski definition) is 6. The summed E-state index contributed by atoms with van der Waals surface area (Å²) in [5, 5.41) is 18.0. The first kappa shape index (κ1) is 27.4. The molecule has 0 saturated carbocycles. The van der Waals surface area contributed by atoms with Crippen LogP contribution < -0.4 is 21.7 Å². The van der Waals surface area contributed by atoms with Crippen molar-refractivity contribution in [1.29, 1.82) is 0 Å². The van der Waals surface area contributed by atoms with Gasteiger partial charge in [-0.05, 0) is 29.5 Å². The van der Waals surface area contributed by atoms with Crippen LogP contribution in [0.1, 0.15) is 25.0 Å². The third-order valence-corrected chi connectivity index (χ3v) is 6.04. The van der Waals surface area contributed by atoms with Gasteiger partial charge in [0.25, 0.3) is 0 Å². The molecule has 0 fully saturated rings. The van der Waals surface area contributed by atoms with Gasteiger partial charge in [-0.15, -0.1) is 0 Å². The first-order valence-corrected chi connectivity index (χ1v) is 12.1. The van der Waals surface area contributed by atoms with Crippen molar-refractivity contribution >= 4 is 34.6 Å². The van der Waals surface area contributed by atoms with Gasteiger partial charge in [0.15, 0.2) is 0 Å². The molecule has 3 atom stereocenters. The highest BCUT2D eigenvalue weighted by molar-refractivity contribution is 5.93. The molecule has 3 amide bonds. The minimum Gasteiger partial charge on any atom is -0.480 e. The van der Waals surface area contributed by atoms with E-state index in [-0.39, 0.29) is 18.8 Å². The van der Waals surface area contributed by atoms with Crippen molar-refractivity contribution in [2.75, 3.05) is 6.54 Å². The molecular weight excluding hydrogens is 474 g/mol. The van der Waals surface area contributed by atoms with Gasteiger partial charge in [0.1, 0.15) is 12.1 Å². The molecule has 7 N–H and O–H groups in total. The molecule has 0 aliphatic rings. The third-order valence-electron chi connectivity index (χ3n) is 6.04. The average Bonchev–Trinajstić information content (AvgIpc) is 3.28. The number of rotatable bonds is 12. The quantitative estimate of drug-likeness (QED) is 0.215. The van der Waals surface area contributed by atoms with Crippen molar-refractivity contribution < 1.29 is 24.3 Å². The lowest BCUT2D eigenvalue weighted by atomic mass is 10.0. The minimum absolute atomic E-state index is 0.106. The molecule has 2 aromatic carbocycles. The Morgan fingerprint density at radius 1 is 0.919 bits per heavy atom. The van der Waals surface area contributed by atoms with Gasteiger partial charge in [0, 0.05) is 23.5 Å². The number of benzene rings is 2. The van der Waals surface area contributed by atoms with E-state index in [0.717, 1.165) is 22.0 Å². The smallest absolute Gasteiger partial charge is 0.326 e. The average molecular weight is 508 g/mol. The number of para-hydroxylation sites is 1. The molecule has 1 heterocycles. The fourth-order valence-electron chi connectivity index (χ4n) is 4.00. The van der Waals surface area contributed by atoms with E-state index < -0.39 is 48.4 Å². The summed E-state index contributed by atoms with van der Waals surface area (Å²) < 4.78 is 0. The van der Waals surface area contributed by atoms with Crippen molar-refractivity contribution in [1.82, 2.24) is 20.9 Å². The molecule has 0 bridgehead atoms. The highest BCUT2D eigenvalue weighted by Crippen LogP contribution is 2.19. The largest absolute Gasteiger partial charge is 0.480 e. The van der Waals surface area contributed by atoms with Crippen LogP contribution in [-0.2, 0) is 32.0 Å². The van der Waals surface area contributed by atoms with Gasteiger partial charge in [-0.2, -0.15) is 0 Å². The van der Waals surface area contributed by atoms with Gasteiger partial charge in [-0.3, -0.25) is 14.4 Å². The number of nitrogens with one attached hydrogen (secondary N) is 4. The summed E-state index contributed by atoms with van der Waals surface area (Å²) in [6, 6.07) is 13.6. The first-order chi connectivity index (χ1) is 17.7. The Bertz CT molecular complexity index is 1240. The summed E-state index contributed by atoms with van der Waals surface area (Å²) >= 11 is 0. The third kappa shape index (κ3) is 7.65. The second-order valence-electron chi connectivity index (χ2n) is 9.27. The number of fused-ring (bicyclic) bond motifs is 1. The van der Waals surface area contributed by atoms with E-state index in [1.54, 1.807) is 38.1 Å². The molecule has 10 nitrogen and oxygen atoms in total. The van der Waals surface area contributed by atoms with Gasteiger partial charge in [0.2, 0.25) is 17.7 Å². The molecule has 0 aliphatic heterocycles. The van der Waals surface area contributed by atoms with Crippen molar-refractivity contribution in [2.45, 2.75) is 44.8 Å². The van der Waals surface area contributed by atoms with Crippen LogP contribution >= 0.6 is 0 Å². The monoisotopic (exact) mass is 507 g/mol. The maximum Gasteiger partial charge on any atom is 0.326 e. The number of carboxylic acids is 1. The number of aromatic nitrogens is 1. The SMILES string of the molecule is CC(C)C(NC(=O)C(N)Cc1c[nH]c2ccccc12)C(=O)NCC(=O)NC(Cc1ccccc1)C(=O)O. The zero-order valence-electron chi connectivity index (χ0n) is 20.9. The van der Waals surface area contributed by atoms with E-state index in [2.05, 4.69) is 20.9 Å². The van der Waals surface area contributed by atoms with Crippen LogP contribution in [0.2, 0.25) is 0 Å². The van der Waals surface area contributed by atoms with E-state index in [0.29, 0.717) is 0 Å². The summed E-state index contributed by atoms with van der Waals surface area (Å²) in [6.07, 6.45) is 2.20. The number of carbonyl (C=O) groups is 4. The van der Waals surface area contributed by atoms with Crippen molar-refractivity contribution in [3.05, 3.63) is 71.9 Å². The highest BCUT2D eigenvalue weighted by Gasteiger charge is 2.28. The van der Waals surface area contributed by atoms with Crippen LogP contribution in [0.4, 0.5) is 0 Å². The van der Waals surface area contributed by atoms with Crippen LogP contribution in [0.15, 0.2) is 60.8 Å². The molecule has 10 heteroatoms. The zero-order valence-corrected chi connectivity index (χ0v) is 20.9. The number of nitrogens with two attached hydrogens (primary N) is 1. The van der Waals surface area contributed by atoms with Crippen molar-refractivity contribution in [2.24, 2.45) is 11.7 Å². The first-order valence-electron chi connectivity index (χ1n) is 12.1. The Kier molecular flexibility index (Phi) is 9.39. The van der Waals surface area contributed by atoms with E-state index in [1.807, 2.05) is 36.5 Å². The number of aliphatic carboxylic acids is 1. The maximum atomic E-state index is 12.8. The van der Waals surface area contributed by atoms with Crippen molar-refractivity contribution in [3.8, 4) is 0 Å². The molecule has 3 aromatic rings. The van der Waals surface area contributed by atoms with E-state index in [4.69, 9.17) is 5.73 Å². The minimum atomic E-state index is -1.18. The molecule has 0 radical (unpaired) electrons. The lowest BCUT2D eigenvalue weighted by molar-refractivity contribution is -0.141. The van der Waals surface area contributed by atoms with Crippen LogP contribution in [0.5, 0.6) is 0 Å². The molecule has 3 rings (SSSR count). The standard InChI is InChI=1S/C27H33N5O5/c1-16(2)24(32-25(34)20(28)13-18-14-29-21-11-7-6-10-19(18)21)26(35)30-15-23(33)31-22(27(36)37)12-17-8-4-3-5-9-17/h3-11,14,16,20,22,24,29H,12-13,15,28H2,1-2H3,(H,30,35)(H,31,33)(H,32,34)(H,36,37). The molecule has 1 aromatic heterocycles. The lowest BCUT2D eigenvalue weighted by Crippen LogP contribution is -2.55. The van der Waals surface area contributed by atoms with Gasteiger partial charge >= 0.3 is 5.97 Å². The zero-order chi connectivity index (χ0) is 26.9. The van der Waals surface area contributed by atoms with Crippen LogP contribution in [0, 0.1) is 5.92 Å². The number of aromatic amines is 1. The Hall–Kier alpha value is -4.18. The highest BCUT2D eigenvalue weighted by atomic mass is 16.4. The molecular formula is C27H33N5O5. The Morgan fingerprint density at radius 3 is 2.27 bits per heavy atom. The van der Waals surface area contributed by atoms with Gasteiger partial charge in [-0.25, -0.2) is 4.79 Å². The molecule has 3 unspecified atom stereocenters. The van der Waals surface area contributed by atoms with E-state index in [9.17, 15) is 24.3 Å².